The van der Waals surface area contributed by atoms with Crippen molar-refractivity contribution in [3.63, 3.8) is 0 Å². The molecule has 1 atom stereocenters. The van der Waals surface area contributed by atoms with E-state index in [1.165, 1.54) is 56.1 Å². The lowest BCUT2D eigenvalue weighted by Crippen LogP contribution is -2.33. The van der Waals surface area contributed by atoms with Gasteiger partial charge >= 0.3 is 0 Å². The van der Waals surface area contributed by atoms with Crippen molar-refractivity contribution in [3.05, 3.63) is 35.4 Å². The number of hydrogen-bond acceptors (Lipinski definition) is 1. The summed E-state index contributed by atoms with van der Waals surface area (Å²) in [6.45, 7) is 7.94. The van der Waals surface area contributed by atoms with Crippen LogP contribution in [0.15, 0.2) is 24.3 Å². The molecule has 0 bridgehead atoms. The molecule has 0 aromatic heterocycles. The zero-order valence-corrected chi connectivity index (χ0v) is 14.2. The smallest absolute Gasteiger partial charge is 0.0110 e. The van der Waals surface area contributed by atoms with Gasteiger partial charge in [0.2, 0.25) is 0 Å². The third-order valence-corrected chi connectivity index (χ3v) is 4.90. The molecule has 1 aliphatic rings. The Labute approximate surface area is 131 Å². The van der Waals surface area contributed by atoms with Crippen molar-refractivity contribution in [2.75, 3.05) is 6.54 Å². The van der Waals surface area contributed by atoms with Crippen LogP contribution in [0, 0.1) is 5.92 Å². The molecule has 21 heavy (non-hydrogen) atoms. The molecule has 1 fully saturated rings. The second-order valence-electron chi connectivity index (χ2n) is 7.14. The fourth-order valence-corrected chi connectivity index (χ4v) is 3.56. The minimum Gasteiger partial charge on any atom is -0.314 e. The first kappa shape index (κ1) is 16.5. The lowest BCUT2D eigenvalue weighted by molar-refractivity contribution is 0.385. The van der Waals surface area contributed by atoms with Gasteiger partial charge in [-0.1, -0.05) is 70.7 Å². The van der Waals surface area contributed by atoms with Crippen LogP contribution in [-0.2, 0) is 6.42 Å². The van der Waals surface area contributed by atoms with E-state index in [0.29, 0.717) is 12.0 Å². The zero-order chi connectivity index (χ0) is 15.1. The maximum atomic E-state index is 3.78. The highest BCUT2D eigenvalue weighted by atomic mass is 14.9. The second kappa shape index (κ2) is 8.58. The summed E-state index contributed by atoms with van der Waals surface area (Å²) in [7, 11) is 0. The highest BCUT2D eigenvalue weighted by molar-refractivity contribution is 5.25. The Morgan fingerprint density at radius 2 is 1.76 bits per heavy atom. The SMILES string of the molecule is CCCNC(Cc1ccc(C(C)C)cc1)CC1CCCC1. The molecule has 0 amide bonds. The molecule has 0 radical (unpaired) electrons. The molecule has 1 nitrogen and oxygen atoms in total. The predicted molar refractivity (Wildman–Crippen MR) is 92.9 cm³/mol. The Morgan fingerprint density at radius 1 is 1.10 bits per heavy atom. The summed E-state index contributed by atoms with van der Waals surface area (Å²) in [5, 5.41) is 3.78. The lowest BCUT2D eigenvalue weighted by Gasteiger charge is -2.22. The minimum atomic E-state index is 0.631. The molecule has 118 valence electrons. The first-order valence-electron chi connectivity index (χ1n) is 9.01. The highest BCUT2D eigenvalue weighted by Crippen LogP contribution is 2.29. The molecule has 0 aliphatic heterocycles. The van der Waals surface area contributed by atoms with Crippen molar-refractivity contribution >= 4 is 0 Å². The van der Waals surface area contributed by atoms with Gasteiger partial charge in [-0.3, -0.25) is 0 Å². The van der Waals surface area contributed by atoms with Crippen LogP contribution < -0.4 is 5.32 Å². The van der Waals surface area contributed by atoms with Crippen molar-refractivity contribution in [1.29, 1.82) is 0 Å². The summed E-state index contributed by atoms with van der Waals surface area (Å²) in [5.74, 6) is 1.60. The van der Waals surface area contributed by atoms with Gasteiger partial charge in [-0.2, -0.15) is 0 Å². The molecular formula is C20H33N. The van der Waals surface area contributed by atoms with Gasteiger partial charge in [0.05, 0.1) is 0 Å². The van der Waals surface area contributed by atoms with Crippen LogP contribution in [0.4, 0.5) is 0 Å². The fourth-order valence-electron chi connectivity index (χ4n) is 3.56. The second-order valence-corrected chi connectivity index (χ2v) is 7.14. The fraction of sp³-hybridized carbons (Fsp3) is 0.700. The first-order chi connectivity index (χ1) is 10.2. The standard InChI is InChI=1S/C20H33N/c1-4-13-21-20(14-17-7-5-6-8-17)15-18-9-11-19(12-10-18)16(2)3/h9-12,16-17,20-21H,4-8,13-15H2,1-3H3. The average molecular weight is 287 g/mol. The molecule has 2 rings (SSSR count). The molecule has 1 saturated carbocycles. The summed E-state index contributed by atoms with van der Waals surface area (Å²) in [6, 6.07) is 9.96. The number of nitrogens with one attached hydrogen (secondary N) is 1. The topological polar surface area (TPSA) is 12.0 Å². The summed E-state index contributed by atoms with van der Waals surface area (Å²) in [6.07, 6.45) is 9.60. The van der Waals surface area contributed by atoms with Crippen LogP contribution in [0.2, 0.25) is 0 Å². The average Bonchev–Trinajstić information content (AvgIpc) is 2.98. The summed E-state index contributed by atoms with van der Waals surface area (Å²) in [4.78, 5) is 0. The Morgan fingerprint density at radius 3 is 2.33 bits per heavy atom. The molecule has 1 unspecified atom stereocenters. The van der Waals surface area contributed by atoms with Crippen LogP contribution in [0.25, 0.3) is 0 Å². The van der Waals surface area contributed by atoms with Crippen LogP contribution in [0.5, 0.6) is 0 Å². The van der Waals surface area contributed by atoms with E-state index in [9.17, 15) is 0 Å². The number of rotatable bonds is 8. The van der Waals surface area contributed by atoms with Gasteiger partial charge in [-0.25, -0.2) is 0 Å². The van der Waals surface area contributed by atoms with E-state index in [2.05, 4.69) is 50.4 Å². The van der Waals surface area contributed by atoms with E-state index in [1.807, 2.05) is 0 Å². The van der Waals surface area contributed by atoms with Gasteiger partial charge in [0.1, 0.15) is 0 Å². The minimum absolute atomic E-state index is 0.631. The molecule has 1 heteroatoms. The Hall–Kier alpha value is -0.820. The molecular weight excluding hydrogens is 254 g/mol. The van der Waals surface area contributed by atoms with Gasteiger partial charge in [0.25, 0.3) is 0 Å². The predicted octanol–water partition coefficient (Wildman–Crippen LogP) is 5.30. The van der Waals surface area contributed by atoms with E-state index in [0.717, 1.165) is 12.5 Å². The van der Waals surface area contributed by atoms with Crippen molar-refractivity contribution in [2.45, 2.75) is 77.7 Å². The summed E-state index contributed by atoms with van der Waals surface area (Å²) < 4.78 is 0. The third-order valence-electron chi connectivity index (χ3n) is 4.90. The van der Waals surface area contributed by atoms with E-state index in [-0.39, 0.29) is 0 Å². The molecule has 0 heterocycles. The zero-order valence-electron chi connectivity index (χ0n) is 14.2. The highest BCUT2D eigenvalue weighted by Gasteiger charge is 2.20. The van der Waals surface area contributed by atoms with Crippen LogP contribution in [0.3, 0.4) is 0 Å². The summed E-state index contributed by atoms with van der Waals surface area (Å²) in [5.41, 5.74) is 2.94. The van der Waals surface area contributed by atoms with Gasteiger partial charge in [-0.05, 0) is 48.8 Å². The van der Waals surface area contributed by atoms with Crippen molar-refractivity contribution < 1.29 is 0 Å². The molecule has 1 aromatic rings. The van der Waals surface area contributed by atoms with Crippen LogP contribution >= 0.6 is 0 Å². The van der Waals surface area contributed by atoms with Crippen molar-refractivity contribution in [2.24, 2.45) is 5.92 Å². The maximum Gasteiger partial charge on any atom is 0.0110 e. The van der Waals surface area contributed by atoms with Gasteiger partial charge in [0, 0.05) is 6.04 Å². The van der Waals surface area contributed by atoms with Crippen LogP contribution in [0.1, 0.15) is 76.3 Å². The number of benzene rings is 1. The Balaban J connectivity index is 1.92. The third kappa shape index (κ3) is 5.47. The quantitative estimate of drug-likeness (QED) is 0.684. The Kier molecular flexibility index (Phi) is 6.76. The van der Waals surface area contributed by atoms with Crippen molar-refractivity contribution in [1.82, 2.24) is 5.32 Å². The van der Waals surface area contributed by atoms with E-state index < -0.39 is 0 Å². The van der Waals surface area contributed by atoms with Gasteiger partial charge < -0.3 is 5.32 Å². The largest absolute Gasteiger partial charge is 0.314 e. The molecule has 1 aromatic carbocycles. The molecule has 1 aliphatic carbocycles. The maximum absolute atomic E-state index is 3.78. The lowest BCUT2D eigenvalue weighted by atomic mass is 9.93. The number of hydrogen-bond donors (Lipinski definition) is 1. The van der Waals surface area contributed by atoms with E-state index >= 15 is 0 Å². The van der Waals surface area contributed by atoms with E-state index in [4.69, 9.17) is 0 Å². The van der Waals surface area contributed by atoms with Gasteiger partial charge in [-0.15, -0.1) is 0 Å². The van der Waals surface area contributed by atoms with Crippen LogP contribution in [-0.4, -0.2) is 12.6 Å². The van der Waals surface area contributed by atoms with Gasteiger partial charge in [0.15, 0.2) is 0 Å². The van der Waals surface area contributed by atoms with E-state index in [1.54, 1.807) is 0 Å². The van der Waals surface area contributed by atoms with Crippen molar-refractivity contribution in [3.8, 4) is 0 Å². The Bertz CT molecular complexity index is 387. The molecule has 0 spiro atoms. The summed E-state index contributed by atoms with van der Waals surface area (Å²) >= 11 is 0. The normalized spacial score (nSPS) is 17.5. The molecule has 0 saturated heterocycles. The molecule has 1 N–H and O–H groups in total. The monoisotopic (exact) mass is 287 g/mol. The first-order valence-corrected chi connectivity index (χ1v) is 9.01.